The number of ether oxygens (including phenoxy) is 1. The molecule has 3 aliphatic heterocycles. The zero-order valence-electron chi connectivity index (χ0n) is 11.2. The maximum absolute atomic E-state index is 12.4. The van der Waals surface area contributed by atoms with Crippen LogP contribution in [0.25, 0.3) is 0 Å². The fourth-order valence-electron chi connectivity index (χ4n) is 3.69. The van der Waals surface area contributed by atoms with E-state index in [1.165, 1.54) is 12.8 Å². The van der Waals surface area contributed by atoms with Gasteiger partial charge in [-0.15, -0.1) is 0 Å². The van der Waals surface area contributed by atoms with Gasteiger partial charge in [-0.3, -0.25) is 4.79 Å². The number of rotatable bonds is 2. The van der Waals surface area contributed by atoms with Gasteiger partial charge < -0.3 is 15.0 Å². The quantitative estimate of drug-likeness (QED) is 0.805. The third-order valence-electron chi connectivity index (χ3n) is 4.80. The van der Waals surface area contributed by atoms with Gasteiger partial charge in [-0.2, -0.15) is 0 Å². The molecule has 3 saturated heterocycles. The summed E-state index contributed by atoms with van der Waals surface area (Å²) in [6.45, 7) is 0.752. The summed E-state index contributed by atoms with van der Waals surface area (Å²) >= 11 is 0. The molecule has 3 unspecified atom stereocenters. The van der Waals surface area contributed by atoms with Gasteiger partial charge in [0, 0.05) is 31.8 Å². The van der Waals surface area contributed by atoms with Crippen LogP contribution in [0, 0.1) is 0 Å². The maximum atomic E-state index is 12.4. The van der Waals surface area contributed by atoms with Crippen molar-refractivity contribution in [1.82, 2.24) is 10.2 Å². The molecule has 0 radical (unpaired) electrons. The normalized spacial score (nSPS) is 39.6. The van der Waals surface area contributed by atoms with E-state index in [9.17, 15) is 4.79 Å². The van der Waals surface area contributed by atoms with Crippen molar-refractivity contribution in [3.8, 4) is 0 Å². The van der Waals surface area contributed by atoms with Crippen molar-refractivity contribution < 1.29 is 9.53 Å². The van der Waals surface area contributed by atoms with E-state index >= 15 is 0 Å². The lowest BCUT2D eigenvalue weighted by atomic mass is 9.97. The van der Waals surface area contributed by atoms with Crippen LogP contribution in [-0.2, 0) is 9.53 Å². The Morgan fingerprint density at radius 3 is 2.50 bits per heavy atom. The van der Waals surface area contributed by atoms with E-state index in [1.807, 2.05) is 11.9 Å². The second kappa shape index (κ2) is 5.17. The van der Waals surface area contributed by atoms with Gasteiger partial charge in [0.1, 0.15) is 6.10 Å². The Balaban J connectivity index is 1.59. The molecule has 4 heteroatoms. The molecule has 4 nitrogen and oxygen atoms in total. The minimum atomic E-state index is -0.170. The molecule has 102 valence electrons. The van der Waals surface area contributed by atoms with Gasteiger partial charge >= 0.3 is 0 Å². The van der Waals surface area contributed by atoms with E-state index in [0.717, 1.165) is 38.7 Å². The van der Waals surface area contributed by atoms with Gasteiger partial charge in [-0.05, 0) is 44.9 Å². The summed E-state index contributed by atoms with van der Waals surface area (Å²) in [6.07, 6.45) is 7.76. The van der Waals surface area contributed by atoms with Gasteiger partial charge in [0.25, 0.3) is 5.91 Å². The fourth-order valence-corrected chi connectivity index (χ4v) is 3.69. The first-order chi connectivity index (χ1) is 8.74. The van der Waals surface area contributed by atoms with Crippen LogP contribution in [0.4, 0.5) is 0 Å². The van der Waals surface area contributed by atoms with Gasteiger partial charge in [0.15, 0.2) is 0 Å². The lowest BCUT2D eigenvalue weighted by Crippen LogP contribution is -2.51. The second-order valence-corrected chi connectivity index (χ2v) is 6.07. The van der Waals surface area contributed by atoms with Crippen molar-refractivity contribution in [1.29, 1.82) is 0 Å². The molecule has 1 amide bonds. The molecule has 0 saturated carbocycles. The van der Waals surface area contributed by atoms with E-state index in [2.05, 4.69) is 5.32 Å². The Hall–Kier alpha value is -0.610. The molecular weight excluding hydrogens is 228 g/mol. The van der Waals surface area contributed by atoms with E-state index < -0.39 is 0 Å². The third-order valence-corrected chi connectivity index (χ3v) is 4.80. The molecule has 18 heavy (non-hydrogen) atoms. The van der Waals surface area contributed by atoms with Crippen molar-refractivity contribution in [2.45, 2.75) is 69.2 Å². The van der Waals surface area contributed by atoms with Crippen LogP contribution in [0.5, 0.6) is 0 Å². The molecule has 0 aromatic rings. The minimum absolute atomic E-state index is 0.170. The third kappa shape index (κ3) is 2.41. The van der Waals surface area contributed by atoms with Crippen molar-refractivity contribution >= 4 is 5.91 Å². The number of hydrogen-bond donors (Lipinski definition) is 1. The molecule has 3 aliphatic rings. The highest BCUT2D eigenvalue weighted by Gasteiger charge is 2.38. The smallest absolute Gasteiger partial charge is 0.251 e. The monoisotopic (exact) mass is 252 g/mol. The Morgan fingerprint density at radius 2 is 1.89 bits per heavy atom. The first kappa shape index (κ1) is 12.4. The van der Waals surface area contributed by atoms with Crippen LogP contribution in [0.1, 0.15) is 44.9 Å². The molecule has 3 heterocycles. The Kier molecular flexibility index (Phi) is 3.57. The maximum Gasteiger partial charge on any atom is 0.251 e. The van der Waals surface area contributed by atoms with Crippen LogP contribution < -0.4 is 5.32 Å². The van der Waals surface area contributed by atoms with Gasteiger partial charge in [-0.25, -0.2) is 0 Å². The van der Waals surface area contributed by atoms with Gasteiger partial charge in [-0.1, -0.05) is 0 Å². The highest BCUT2D eigenvalue weighted by molar-refractivity contribution is 5.81. The number of nitrogens with zero attached hydrogens (tertiary/aromatic N) is 1. The topological polar surface area (TPSA) is 41.6 Å². The number of carbonyl (C=O) groups is 1. The van der Waals surface area contributed by atoms with E-state index in [-0.39, 0.29) is 12.0 Å². The number of nitrogens with one attached hydrogen (secondary N) is 1. The summed E-state index contributed by atoms with van der Waals surface area (Å²) in [5, 5.41) is 3.62. The molecule has 1 N–H and O–H groups in total. The average molecular weight is 252 g/mol. The SMILES string of the molecule is CN(C(=O)C1CCCCO1)C1CC2CCC(C1)N2. The predicted octanol–water partition coefficient (Wildman–Crippen LogP) is 1.30. The lowest BCUT2D eigenvalue weighted by molar-refractivity contribution is -0.148. The molecule has 0 aromatic carbocycles. The summed E-state index contributed by atoms with van der Waals surface area (Å²) in [5.74, 6) is 0.209. The highest BCUT2D eigenvalue weighted by atomic mass is 16.5. The molecule has 0 aromatic heterocycles. The number of carbonyl (C=O) groups excluding carboxylic acids is 1. The van der Waals surface area contributed by atoms with Crippen LogP contribution in [-0.4, -0.2) is 48.7 Å². The van der Waals surface area contributed by atoms with Gasteiger partial charge in [0.2, 0.25) is 0 Å². The van der Waals surface area contributed by atoms with E-state index in [1.54, 1.807) is 0 Å². The van der Waals surface area contributed by atoms with Crippen LogP contribution in [0.3, 0.4) is 0 Å². The van der Waals surface area contributed by atoms with Crippen LogP contribution >= 0.6 is 0 Å². The molecule has 3 atom stereocenters. The van der Waals surface area contributed by atoms with Gasteiger partial charge in [0.05, 0.1) is 0 Å². The number of piperidine rings is 1. The summed E-state index contributed by atoms with van der Waals surface area (Å²) < 4.78 is 5.61. The average Bonchev–Trinajstić information content (AvgIpc) is 2.77. The largest absolute Gasteiger partial charge is 0.368 e. The first-order valence-electron chi connectivity index (χ1n) is 7.38. The van der Waals surface area contributed by atoms with Crippen molar-refractivity contribution in [3.05, 3.63) is 0 Å². The Bertz CT molecular complexity index is 303. The number of amides is 1. The summed E-state index contributed by atoms with van der Waals surface area (Å²) in [7, 11) is 1.97. The molecule has 3 fully saturated rings. The van der Waals surface area contributed by atoms with Crippen LogP contribution in [0.2, 0.25) is 0 Å². The lowest BCUT2D eigenvalue weighted by Gasteiger charge is -2.37. The summed E-state index contributed by atoms with van der Waals surface area (Å²) in [6, 6.07) is 1.69. The molecule has 0 spiro atoms. The molecule has 2 bridgehead atoms. The Labute approximate surface area is 109 Å². The van der Waals surface area contributed by atoms with Crippen LogP contribution in [0.15, 0.2) is 0 Å². The zero-order chi connectivity index (χ0) is 12.5. The standard InChI is InChI=1S/C14H24N2O2/c1-16(14(17)13-4-2-3-7-18-13)12-8-10-5-6-11(9-12)15-10/h10-13,15H,2-9H2,1H3. The predicted molar refractivity (Wildman–Crippen MR) is 69.3 cm³/mol. The van der Waals surface area contributed by atoms with E-state index in [0.29, 0.717) is 18.1 Å². The van der Waals surface area contributed by atoms with Crippen molar-refractivity contribution in [2.24, 2.45) is 0 Å². The fraction of sp³-hybridized carbons (Fsp3) is 0.929. The molecule has 0 aliphatic carbocycles. The summed E-state index contributed by atoms with van der Waals surface area (Å²) in [5.41, 5.74) is 0. The number of hydrogen-bond acceptors (Lipinski definition) is 3. The highest BCUT2D eigenvalue weighted by Crippen LogP contribution is 2.30. The molecule has 3 rings (SSSR count). The zero-order valence-corrected chi connectivity index (χ0v) is 11.2. The summed E-state index contributed by atoms with van der Waals surface area (Å²) in [4.78, 5) is 14.4. The number of fused-ring (bicyclic) bond motifs is 2. The minimum Gasteiger partial charge on any atom is -0.368 e. The van der Waals surface area contributed by atoms with Crippen molar-refractivity contribution in [2.75, 3.05) is 13.7 Å². The second-order valence-electron chi connectivity index (χ2n) is 6.07. The van der Waals surface area contributed by atoms with Crippen molar-refractivity contribution in [3.63, 3.8) is 0 Å². The first-order valence-corrected chi connectivity index (χ1v) is 7.38. The molecular formula is C14H24N2O2. The Morgan fingerprint density at radius 1 is 1.17 bits per heavy atom. The van der Waals surface area contributed by atoms with E-state index in [4.69, 9.17) is 4.74 Å². The number of likely N-dealkylation sites (N-methyl/N-ethyl adjacent to an activating group) is 1.